The first-order chi connectivity index (χ1) is 5.81. The van der Waals surface area contributed by atoms with Crippen LogP contribution in [0, 0.1) is 0 Å². The Morgan fingerprint density at radius 2 is 1.92 bits per heavy atom. The van der Waals surface area contributed by atoms with Crippen molar-refractivity contribution in [3.8, 4) is 0 Å². The Labute approximate surface area is 75.5 Å². The maximum atomic E-state index is 2.66. The van der Waals surface area contributed by atoms with Crippen molar-refractivity contribution in [2.24, 2.45) is 0 Å². The molecule has 3 fully saturated rings. The van der Waals surface area contributed by atoms with E-state index in [0.717, 1.165) is 12.1 Å². The van der Waals surface area contributed by atoms with Gasteiger partial charge in [0.1, 0.15) is 0 Å². The Bertz CT molecular complexity index is 158. The number of fused-ring (bicyclic) bond motifs is 4. The van der Waals surface area contributed by atoms with Gasteiger partial charge in [-0.25, -0.2) is 0 Å². The minimum Gasteiger partial charge on any atom is -0.302 e. The summed E-state index contributed by atoms with van der Waals surface area (Å²) in [6.45, 7) is 6.17. The van der Waals surface area contributed by atoms with E-state index in [1.54, 1.807) is 0 Å². The van der Waals surface area contributed by atoms with Crippen molar-refractivity contribution in [1.29, 1.82) is 0 Å². The third-order valence-electron chi connectivity index (χ3n) is 3.63. The van der Waals surface area contributed by atoms with Crippen LogP contribution in [0.1, 0.15) is 26.2 Å². The molecule has 0 aliphatic carbocycles. The van der Waals surface area contributed by atoms with Crippen LogP contribution < -0.4 is 0 Å². The van der Waals surface area contributed by atoms with E-state index in [0.29, 0.717) is 0 Å². The predicted molar refractivity (Wildman–Crippen MR) is 51.3 cm³/mol. The molecule has 0 N–H and O–H groups in total. The van der Waals surface area contributed by atoms with Crippen LogP contribution >= 0.6 is 0 Å². The molecule has 2 unspecified atom stereocenters. The SMILES string of the molecule is CCN1CCC2CCC1CN2C. The van der Waals surface area contributed by atoms with Gasteiger partial charge in [0.05, 0.1) is 0 Å². The molecule has 2 nitrogen and oxygen atoms in total. The summed E-state index contributed by atoms with van der Waals surface area (Å²) in [6, 6.07) is 1.75. The Morgan fingerprint density at radius 1 is 1.17 bits per heavy atom. The van der Waals surface area contributed by atoms with Gasteiger partial charge < -0.3 is 4.90 Å². The molecule has 0 radical (unpaired) electrons. The van der Waals surface area contributed by atoms with Crippen molar-refractivity contribution < 1.29 is 0 Å². The van der Waals surface area contributed by atoms with E-state index in [2.05, 4.69) is 23.8 Å². The van der Waals surface area contributed by atoms with Crippen molar-refractivity contribution in [1.82, 2.24) is 9.80 Å². The highest BCUT2D eigenvalue weighted by atomic mass is 15.3. The lowest BCUT2D eigenvalue weighted by Gasteiger charge is -2.35. The third kappa shape index (κ3) is 1.38. The van der Waals surface area contributed by atoms with Gasteiger partial charge in [-0.15, -0.1) is 0 Å². The van der Waals surface area contributed by atoms with Crippen LogP contribution in [0.2, 0.25) is 0 Å². The second-order valence-electron chi connectivity index (χ2n) is 4.24. The minimum atomic E-state index is 0.860. The number of nitrogens with zero attached hydrogens (tertiary/aromatic N) is 2. The topological polar surface area (TPSA) is 6.48 Å². The molecule has 0 saturated carbocycles. The van der Waals surface area contributed by atoms with Gasteiger partial charge >= 0.3 is 0 Å². The standard InChI is InChI=1S/C10H20N2/c1-3-12-7-6-9-4-5-10(12)8-11(9)2/h9-10H,3-8H2,1-2H3. The van der Waals surface area contributed by atoms with Gasteiger partial charge in [0.25, 0.3) is 0 Å². The summed E-state index contributed by atoms with van der Waals surface area (Å²) in [5.41, 5.74) is 0. The van der Waals surface area contributed by atoms with Crippen LogP contribution in [0.15, 0.2) is 0 Å². The van der Waals surface area contributed by atoms with Crippen LogP contribution in [-0.2, 0) is 0 Å². The molecule has 0 spiro atoms. The zero-order valence-corrected chi connectivity index (χ0v) is 8.29. The van der Waals surface area contributed by atoms with Gasteiger partial charge in [-0.1, -0.05) is 6.92 Å². The van der Waals surface area contributed by atoms with Crippen molar-refractivity contribution in [3.05, 3.63) is 0 Å². The Balaban J connectivity index is 2.08. The highest BCUT2D eigenvalue weighted by Gasteiger charge is 2.32. The number of hydrogen-bond donors (Lipinski definition) is 0. The molecule has 12 heavy (non-hydrogen) atoms. The zero-order chi connectivity index (χ0) is 8.55. The van der Waals surface area contributed by atoms with Crippen LogP contribution in [0.25, 0.3) is 0 Å². The van der Waals surface area contributed by atoms with Gasteiger partial charge in [-0.05, 0) is 39.4 Å². The highest BCUT2D eigenvalue weighted by molar-refractivity contribution is 4.89. The number of hydrogen-bond acceptors (Lipinski definition) is 2. The first kappa shape index (κ1) is 8.52. The van der Waals surface area contributed by atoms with Gasteiger partial charge in [-0.2, -0.15) is 0 Å². The fraction of sp³-hybridized carbons (Fsp3) is 1.00. The molecule has 3 aliphatic heterocycles. The number of likely N-dealkylation sites (N-methyl/N-ethyl adjacent to an activating group) is 2. The molecular weight excluding hydrogens is 148 g/mol. The maximum Gasteiger partial charge on any atom is 0.0223 e. The van der Waals surface area contributed by atoms with Gasteiger partial charge in [0, 0.05) is 18.6 Å². The molecular formula is C10H20N2. The lowest BCUT2D eigenvalue weighted by Crippen LogP contribution is -2.45. The second-order valence-corrected chi connectivity index (χ2v) is 4.24. The fourth-order valence-electron chi connectivity index (χ4n) is 2.75. The van der Waals surface area contributed by atoms with E-state index in [9.17, 15) is 0 Å². The van der Waals surface area contributed by atoms with Crippen molar-refractivity contribution >= 4 is 0 Å². The van der Waals surface area contributed by atoms with E-state index in [-0.39, 0.29) is 0 Å². The molecule has 3 aliphatic rings. The van der Waals surface area contributed by atoms with E-state index >= 15 is 0 Å². The molecule has 3 saturated heterocycles. The molecule has 70 valence electrons. The molecule has 2 heteroatoms. The summed E-state index contributed by atoms with van der Waals surface area (Å²) in [6.07, 6.45) is 4.25. The monoisotopic (exact) mass is 168 g/mol. The molecule has 0 aromatic carbocycles. The number of rotatable bonds is 1. The van der Waals surface area contributed by atoms with E-state index in [1.807, 2.05) is 0 Å². The summed E-state index contributed by atoms with van der Waals surface area (Å²) in [5, 5.41) is 0. The smallest absolute Gasteiger partial charge is 0.0223 e. The van der Waals surface area contributed by atoms with Crippen LogP contribution in [0.4, 0.5) is 0 Å². The van der Waals surface area contributed by atoms with Crippen LogP contribution in [0.3, 0.4) is 0 Å². The summed E-state index contributed by atoms with van der Waals surface area (Å²) in [7, 11) is 2.29. The quantitative estimate of drug-likeness (QED) is 0.580. The van der Waals surface area contributed by atoms with Gasteiger partial charge in [0.2, 0.25) is 0 Å². The van der Waals surface area contributed by atoms with E-state index in [4.69, 9.17) is 0 Å². The lowest BCUT2D eigenvalue weighted by atomic mass is 10.00. The molecule has 3 heterocycles. The van der Waals surface area contributed by atoms with Gasteiger partial charge in [0.15, 0.2) is 0 Å². The average Bonchev–Trinajstić information content (AvgIpc) is 2.34. The maximum absolute atomic E-state index is 2.66. The Morgan fingerprint density at radius 3 is 2.58 bits per heavy atom. The number of piperidine rings is 1. The normalized spacial score (nSPS) is 38.5. The highest BCUT2D eigenvalue weighted by Crippen LogP contribution is 2.26. The largest absolute Gasteiger partial charge is 0.302 e. The first-order valence-electron chi connectivity index (χ1n) is 5.25. The van der Waals surface area contributed by atoms with Crippen molar-refractivity contribution in [3.63, 3.8) is 0 Å². The molecule has 0 amide bonds. The van der Waals surface area contributed by atoms with E-state index in [1.165, 1.54) is 38.9 Å². The summed E-state index contributed by atoms with van der Waals surface area (Å²) >= 11 is 0. The molecule has 2 bridgehead atoms. The van der Waals surface area contributed by atoms with Crippen molar-refractivity contribution in [2.45, 2.75) is 38.3 Å². The fourth-order valence-corrected chi connectivity index (χ4v) is 2.75. The summed E-state index contributed by atoms with van der Waals surface area (Å²) in [4.78, 5) is 5.22. The van der Waals surface area contributed by atoms with Crippen molar-refractivity contribution in [2.75, 3.05) is 26.7 Å². The van der Waals surface area contributed by atoms with Crippen LogP contribution in [0.5, 0.6) is 0 Å². The zero-order valence-electron chi connectivity index (χ0n) is 8.29. The summed E-state index contributed by atoms with van der Waals surface area (Å²) < 4.78 is 0. The lowest BCUT2D eigenvalue weighted by molar-refractivity contribution is 0.132. The Kier molecular flexibility index (Phi) is 2.37. The Hall–Kier alpha value is -0.0800. The second kappa shape index (κ2) is 3.35. The minimum absolute atomic E-state index is 0.860. The molecule has 2 atom stereocenters. The van der Waals surface area contributed by atoms with Gasteiger partial charge in [-0.3, -0.25) is 4.90 Å². The first-order valence-corrected chi connectivity index (χ1v) is 5.25. The van der Waals surface area contributed by atoms with Crippen LogP contribution in [-0.4, -0.2) is 48.6 Å². The molecule has 3 rings (SSSR count). The summed E-state index contributed by atoms with van der Waals surface area (Å²) in [5.74, 6) is 0. The third-order valence-corrected chi connectivity index (χ3v) is 3.63. The average molecular weight is 168 g/mol. The van der Waals surface area contributed by atoms with E-state index < -0.39 is 0 Å². The molecule has 0 aromatic heterocycles. The predicted octanol–water partition coefficient (Wildman–Crippen LogP) is 1.17. The molecule has 0 aromatic rings.